The fourth-order valence-electron chi connectivity index (χ4n) is 1.51. The molecule has 1 aliphatic rings. The van der Waals surface area contributed by atoms with Gasteiger partial charge in [-0.25, -0.2) is 9.69 Å². The zero-order chi connectivity index (χ0) is 14.3. The number of carbonyl (C=O) groups excluding carboxylic acids is 4. The SMILES string of the molecule is CN1C(=O)C(=O)N(CC(=O)c2cc(Br)sc2Br)C1=O. The lowest BCUT2D eigenvalue weighted by Crippen LogP contribution is -2.36. The average molecular weight is 410 g/mol. The first-order valence-corrected chi connectivity index (χ1v) is 7.34. The number of amides is 4. The predicted octanol–water partition coefficient (Wildman–Crippen LogP) is 1.88. The number of nitrogens with zero attached hydrogens (tertiary/aromatic N) is 2. The van der Waals surface area contributed by atoms with Crippen LogP contribution < -0.4 is 0 Å². The Kier molecular flexibility index (Phi) is 3.88. The number of carbonyl (C=O) groups is 4. The number of halogens is 2. The van der Waals surface area contributed by atoms with E-state index >= 15 is 0 Å². The van der Waals surface area contributed by atoms with Crippen LogP contribution in [-0.2, 0) is 9.59 Å². The molecule has 0 saturated carbocycles. The minimum absolute atomic E-state index is 0.361. The maximum absolute atomic E-state index is 12.0. The summed E-state index contributed by atoms with van der Waals surface area (Å²) in [6.07, 6.45) is 0. The fourth-order valence-corrected chi connectivity index (χ4v) is 4.37. The lowest BCUT2D eigenvalue weighted by atomic mass is 10.2. The second kappa shape index (κ2) is 5.14. The van der Waals surface area contributed by atoms with Crippen molar-refractivity contribution in [2.75, 3.05) is 13.6 Å². The molecule has 1 saturated heterocycles. The third-order valence-corrected chi connectivity index (χ3v) is 4.85. The molecule has 6 nitrogen and oxygen atoms in total. The van der Waals surface area contributed by atoms with Gasteiger partial charge in [0.15, 0.2) is 5.78 Å². The van der Waals surface area contributed by atoms with Crippen molar-refractivity contribution in [3.63, 3.8) is 0 Å². The summed E-state index contributed by atoms with van der Waals surface area (Å²) in [5, 5.41) is 0. The molecule has 1 aromatic heterocycles. The van der Waals surface area contributed by atoms with Crippen LogP contribution >= 0.6 is 43.2 Å². The van der Waals surface area contributed by atoms with Crippen LogP contribution in [-0.4, -0.2) is 47.0 Å². The number of ketones is 1. The molecule has 0 aromatic carbocycles. The molecule has 9 heteroatoms. The lowest BCUT2D eigenvalue weighted by Gasteiger charge is -2.11. The molecule has 0 unspecified atom stereocenters. The topological polar surface area (TPSA) is 74.8 Å². The van der Waals surface area contributed by atoms with Gasteiger partial charge in [0.05, 0.1) is 14.1 Å². The molecule has 1 aliphatic heterocycles. The van der Waals surface area contributed by atoms with E-state index in [-0.39, 0.29) is 0 Å². The zero-order valence-electron chi connectivity index (χ0n) is 9.48. The Morgan fingerprint density at radius 2 is 1.89 bits per heavy atom. The summed E-state index contributed by atoms with van der Waals surface area (Å²) < 4.78 is 1.35. The summed E-state index contributed by atoms with van der Waals surface area (Å²) in [5.41, 5.74) is 0.361. The highest BCUT2D eigenvalue weighted by Crippen LogP contribution is 2.32. The van der Waals surface area contributed by atoms with Crippen LogP contribution in [0, 0.1) is 0 Å². The smallest absolute Gasteiger partial charge is 0.292 e. The number of rotatable bonds is 3. The number of thiophene rings is 1. The third kappa shape index (κ3) is 2.49. The number of imide groups is 2. The molecule has 0 N–H and O–H groups in total. The molecule has 2 rings (SSSR count). The van der Waals surface area contributed by atoms with Crippen LogP contribution in [0.5, 0.6) is 0 Å². The minimum atomic E-state index is -0.980. The van der Waals surface area contributed by atoms with E-state index in [9.17, 15) is 19.2 Å². The van der Waals surface area contributed by atoms with E-state index in [4.69, 9.17) is 0 Å². The number of hydrogen-bond donors (Lipinski definition) is 0. The Labute approximate surface area is 128 Å². The van der Waals surface area contributed by atoms with Gasteiger partial charge in [-0.3, -0.25) is 19.3 Å². The predicted molar refractivity (Wildman–Crippen MR) is 73.9 cm³/mol. The molecule has 1 fully saturated rings. The maximum atomic E-state index is 12.0. The molecular weight excluding hydrogens is 404 g/mol. The van der Waals surface area contributed by atoms with Crippen LogP contribution in [0.4, 0.5) is 4.79 Å². The molecule has 0 spiro atoms. The van der Waals surface area contributed by atoms with Crippen molar-refractivity contribution in [2.45, 2.75) is 0 Å². The van der Waals surface area contributed by atoms with Crippen LogP contribution in [0.25, 0.3) is 0 Å². The van der Waals surface area contributed by atoms with Crippen LogP contribution in [0.15, 0.2) is 13.6 Å². The van der Waals surface area contributed by atoms with Gasteiger partial charge in [-0.15, -0.1) is 11.3 Å². The van der Waals surface area contributed by atoms with Crippen molar-refractivity contribution in [3.8, 4) is 0 Å². The zero-order valence-corrected chi connectivity index (χ0v) is 13.5. The Morgan fingerprint density at radius 3 is 2.32 bits per heavy atom. The van der Waals surface area contributed by atoms with Gasteiger partial charge >= 0.3 is 17.8 Å². The lowest BCUT2D eigenvalue weighted by molar-refractivity contribution is -0.142. The molecule has 0 bridgehead atoms. The first-order chi connectivity index (χ1) is 8.82. The van der Waals surface area contributed by atoms with Crippen molar-refractivity contribution in [2.24, 2.45) is 0 Å². The van der Waals surface area contributed by atoms with Crippen LogP contribution in [0.3, 0.4) is 0 Å². The summed E-state index contributed by atoms with van der Waals surface area (Å²) >= 11 is 7.76. The third-order valence-electron chi connectivity index (χ3n) is 2.51. The normalized spacial score (nSPS) is 15.6. The van der Waals surface area contributed by atoms with E-state index in [0.717, 1.165) is 3.79 Å². The largest absolute Gasteiger partial charge is 0.334 e. The van der Waals surface area contributed by atoms with Crippen molar-refractivity contribution in [3.05, 3.63) is 19.2 Å². The first-order valence-electron chi connectivity index (χ1n) is 4.94. The standard InChI is InChI=1S/C10H6Br2N2O4S/c1-13-8(16)9(17)14(10(13)18)3-5(15)4-2-6(11)19-7(4)12/h2H,3H2,1H3. The molecule has 19 heavy (non-hydrogen) atoms. The summed E-state index contributed by atoms with van der Waals surface area (Å²) in [6.45, 7) is -0.449. The summed E-state index contributed by atoms with van der Waals surface area (Å²) in [5.74, 6) is -2.33. The molecule has 0 aliphatic carbocycles. The van der Waals surface area contributed by atoms with Crippen LogP contribution in [0.1, 0.15) is 10.4 Å². The Bertz CT molecular complexity index is 613. The average Bonchev–Trinajstić information content (AvgIpc) is 2.78. The van der Waals surface area contributed by atoms with Gasteiger partial charge in [0.2, 0.25) is 0 Å². The van der Waals surface area contributed by atoms with Gasteiger partial charge < -0.3 is 0 Å². The molecule has 0 atom stereocenters. The number of hydrogen-bond acceptors (Lipinski definition) is 5. The van der Waals surface area contributed by atoms with Gasteiger partial charge in [-0.2, -0.15) is 0 Å². The minimum Gasteiger partial charge on any atom is -0.292 e. The first kappa shape index (κ1) is 14.4. The van der Waals surface area contributed by atoms with Gasteiger partial charge in [0, 0.05) is 12.6 Å². The Balaban J connectivity index is 2.20. The highest BCUT2D eigenvalue weighted by Gasteiger charge is 2.43. The van der Waals surface area contributed by atoms with E-state index in [0.29, 0.717) is 19.1 Å². The van der Waals surface area contributed by atoms with Crippen molar-refractivity contribution in [1.29, 1.82) is 0 Å². The molecule has 0 radical (unpaired) electrons. The van der Waals surface area contributed by atoms with Crippen molar-refractivity contribution < 1.29 is 19.2 Å². The number of likely N-dealkylation sites (N-methyl/N-ethyl adjacent to an activating group) is 1. The van der Waals surface area contributed by atoms with Gasteiger partial charge in [0.25, 0.3) is 0 Å². The van der Waals surface area contributed by atoms with E-state index in [2.05, 4.69) is 31.9 Å². The number of urea groups is 1. The van der Waals surface area contributed by atoms with Crippen molar-refractivity contribution in [1.82, 2.24) is 9.80 Å². The molecule has 1 aromatic rings. The molecule has 100 valence electrons. The van der Waals surface area contributed by atoms with Gasteiger partial charge in [-0.05, 0) is 37.9 Å². The van der Waals surface area contributed by atoms with E-state index in [1.807, 2.05) is 0 Å². The van der Waals surface area contributed by atoms with E-state index in [1.54, 1.807) is 6.07 Å². The summed E-state index contributed by atoms with van der Waals surface area (Å²) in [4.78, 5) is 47.8. The quantitative estimate of drug-likeness (QED) is 0.434. The van der Waals surface area contributed by atoms with Gasteiger partial charge in [-0.1, -0.05) is 0 Å². The maximum Gasteiger partial charge on any atom is 0.334 e. The second-order valence-electron chi connectivity index (χ2n) is 3.70. The highest BCUT2D eigenvalue weighted by molar-refractivity contribution is 9.12. The van der Waals surface area contributed by atoms with Crippen LogP contribution in [0.2, 0.25) is 0 Å². The Morgan fingerprint density at radius 1 is 1.26 bits per heavy atom. The summed E-state index contributed by atoms with van der Waals surface area (Å²) in [7, 11) is 1.20. The number of Topliss-reactive ketones (excluding diaryl/α,β-unsaturated/α-hetero) is 1. The van der Waals surface area contributed by atoms with Crippen molar-refractivity contribution >= 4 is 66.8 Å². The summed E-state index contributed by atoms with van der Waals surface area (Å²) in [6, 6.07) is 0.807. The fraction of sp³-hybridized carbons (Fsp3) is 0.200. The molecule has 2 heterocycles. The Hall–Kier alpha value is -1.06. The monoisotopic (exact) mass is 408 g/mol. The van der Waals surface area contributed by atoms with Gasteiger partial charge in [0.1, 0.15) is 0 Å². The molecule has 4 amide bonds. The molecular formula is C10H6Br2N2O4S. The highest BCUT2D eigenvalue weighted by atomic mass is 79.9. The van der Waals surface area contributed by atoms with E-state index in [1.165, 1.54) is 18.4 Å². The van der Waals surface area contributed by atoms with E-state index < -0.39 is 30.2 Å². The second-order valence-corrected chi connectivity index (χ2v) is 7.45.